The number of hydrogen-bond acceptors (Lipinski definition) is 3. The largest absolute Gasteiger partial charge is 0.493 e. The second-order valence-electron chi connectivity index (χ2n) is 6.60. The molecule has 5 heteroatoms. The van der Waals surface area contributed by atoms with Gasteiger partial charge in [0, 0.05) is 12.5 Å². The summed E-state index contributed by atoms with van der Waals surface area (Å²) in [6.07, 6.45) is 0.853. The quantitative estimate of drug-likeness (QED) is 0.765. The van der Waals surface area contributed by atoms with Crippen molar-refractivity contribution in [2.24, 2.45) is 17.8 Å². The van der Waals surface area contributed by atoms with E-state index in [0.29, 0.717) is 18.4 Å². The van der Waals surface area contributed by atoms with Crippen LogP contribution >= 0.6 is 12.4 Å². The Hall–Kier alpha value is -1.26. The topological polar surface area (TPSA) is 50.4 Å². The first kappa shape index (κ1) is 19.8. The lowest BCUT2D eigenvalue weighted by atomic mass is 9.88. The summed E-state index contributed by atoms with van der Waals surface area (Å²) < 4.78 is 5.67. The molecule has 1 saturated heterocycles. The second-order valence-corrected chi connectivity index (χ2v) is 6.60. The average Bonchev–Trinajstić information content (AvgIpc) is 2.44. The van der Waals surface area contributed by atoms with Crippen molar-refractivity contribution in [1.29, 1.82) is 0 Å². The van der Waals surface area contributed by atoms with Crippen LogP contribution in [0.4, 0.5) is 0 Å². The van der Waals surface area contributed by atoms with Crippen LogP contribution < -0.4 is 15.4 Å². The van der Waals surface area contributed by atoms with Crippen LogP contribution in [-0.2, 0) is 11.2 Å². The van der Waals surface area contributed by atoms with Crippen molar-refractivity contribution in [2.75, 3.05) is 26.2 Å². The van der Waals surface area contributed by atoms with Crippen LogP contribution in [0, 0.1) is 17.8 Å². The molecule has 1 unspecified atom stereocenters. The van der Waals surface area contributed by atoms with Gasteiger partial charge >= 0.3 is 0 Å². The molecule has 130 valence electrons. The number of carbonyl (C=O) groups excluding carboxylic acids is 1. The molecule has 1 heterocycles. The molecule has 0 spiro atoms. The Morgan fingerprint density at radius 1 is 1.26 bits per heavy atom. The van der Waals surface area contributed by atoms with Crippen LogP contribution in [0.3, 0.4) is 0 Å². The van der Waals surface area contributed by atoms with Crippen LogP contribution in [0.15, 0.2) is 24.3 Å². The van der Waals surface area contributed by atoms with Gasteiger partial charge in [-0.05, 0) is 49.0 Å². The molecule has 1 amide bonds. The number of amides is 1. The highest BCUT2D eigenvalue weighted by atomic mass is 35.5. The summed E-state index contributed by atoms with van der Waals surface area (Å²) in [4.78, 5) is 12.0. The van der Waals surface area contributed by atoms with E-state index in [1.807, 2.05) is 19.1 Å². The molecule has 0 aromatic heterocycles. The zero-order chi connectivity index (χ0) is 15.9. The molecule has 0 bridgehead atoms. The monoisotopic (exact) mass is 340 g/mol. The van der Waals surface area contributed by atoms with Gasteiger partial charge in [-0.25, -0.2) is 0 Å². The first-order valence-corrected chi connectivity index (χ1v) is 8.26. The summed E-state index contributed by atoms with van der Waals surface area (Å²) in [6, 6.07) is 8.15. The molecule has 23 heavy (non-hydrogen) atoms. The molecule has 1 aromatic rings. The second kappa shape index (κ2) is 9.78. The maximum absolute atomic E-state index is 12.0. The number of benzene rings is 1. The fraction of sp³-hybridized carbons (Fsp3) is 0.611. The fourth-order valence-electron chi connectivity index (χ4n) is 2.38. The van der Waals surface area contributed by atoms with Gasteiger partial charge in [-0.3, -0.25) is 4.79 Å². The van der Waals surface area contributed by atoms with E-state index in [2.05, 4.69) is 36.6 Å². The van der Waals surface area contributed by atoms with Crippen molar-refractivity contribution in [1.82, 2.24) is 10.6 Å². The minimum absolute atomic E-state index is 0. The smallest absolute Gasteiger partial charge is 0.223 e. The maximum atomic E-state index is 12.0. The summed E-state index contributed by atoms with van der Waals surface area (Å²) in [5.41, 5.74) is 1.22. The van der Waals surface area contributed by atoms with Gasteiger partial charge in [0.1, 0.15) is 5.75 Å². The van der Waals surface area contributed by atoms with E-state index in [0.717, 1.165) is 31.9 Å². The van der Waals surface area contributed by atoms with Crippen LogP contribution in [-0.4, -0.2) is 32.1 Å². The van der Waals surface area contributed by atoms with E-state index in [9.17, 15) is 4.79 Å². The van der Waals surface area contributed by atoms with Crippen LogP contribution in [0.2, 0.25) is 0 Å². The highest BCUT2D eigenvalue weighted by Gasteiger charge is 2.28. The number of carbonyl (C=O) groups is 1. The van der Waals surface area contributed by atoms with Crippen LogP contribution in [0.25, 0.3) is 0 Å². The summed E-state index contributed by atoms with van der Waals surface area (Å²) in [6.45, 7) is 9.65. The third-order valence-corrected chi connectivity index (χ3v) is 4.15. The number of ether oxygens (including phenoxy) is 1. The van der Waals surface area contributed by atoms with Gasteiger partial charge in [0.15, 0.2) is 0 Å². The summed E-state index contributed by atoms with van der Waals surface area (Å²) in [5, 5.41) is 6.25. The lowest BCUT2D eigenvalue weighted by molar-refractivity contribution is -0.126. The lowest BCUT2D eigenvalue weighted by Crippen LogP contribution is -2.49. The maximum Gasteiger partial charge on any atom is 0.223 e. The van der Waals surface area contributed by atoms with Crippen molar-refractivity contribution < 1.29 is 9.53 Å². The van der Waals surface area contributed by atoms with Crippen molar-refractivity contribution >= 4 is 18.3 Å². The number of hydrogen-bond donors (Lipinski definition) is 2. The molecule has 2 rings (SSSR count). The van der Waals surface area contributed by atoms with Gasteiger partial charge in [-0.15, -0.1) is 12.4 Å². The Balaban J connectivity index is 0.00000264. The molecule has 0 aliphatic carbocycles. The van der Waals surface area contributed by atoms with Gasteiger partial charge in [-0.2, -0.15) is 0 Å². The SMILES string of the molecule is CC(C)COc1ccc(CCNC(=O)C(C)C2CNC2)cc1.Cl. The Morgan fingerprint density at radius 2 is 1.91 bits per heavy atom. The minimum Gasteiger partial charge on any atom is -0.493 e. The van der Waals surface area contributed by atoms with Gasteiger partial charge in [0.25, 0.3) is 0 Å². The highest BCUT2D eigenvalue weighted by molar-refractivity contribution is 5.85. The Morgan fingerprint density at radius 3 is 2.43 bits per heavy atom. The van der Waals surface area contributed by atoms with Crippen LogP contribution in [0.5, 0.6) is 5.75 Å². The van der Waals surface area contributed by atoms with Crippen molar-refractivity contribution in [3.05, 3.63) is 29.8 Å². The normalized spacial score (nSPS) is 15.5. The molecule has 0 saturated carbocycles. The summed E-state index contributed by atoms with van der Waals surface area (Å²) in [5.74, 6) is 2.21. The van der Waals surface area contributed by atoms with Crippen molar-refractivity contribution in [3.8, 4) is 5.75 Å². The van der Waals surface area contributed by atoms with Crippen LogP contribution in [0.1, 0.15) is 26.3 Å². The molecular formula is C18H29ClN2O2. The van der Waals surface area contributed by atoms with Crippen molar-refractivity contribution in [3.63, 3.8) is 0 Å². The molecule has 4 nitrogen and oxygen atoms in total. The summed E-state index contributed by atoms with van der Waals surface area (Å²) in [7, 11) is 0. The van der Waals surface area contributed by atoms with Gasteiger partial charge < -0.3 is 15.4 Å². The fourth-order valence-corrected chi connectivity index (χ4v) is 2.38. The Labute approximate surface area is 145 Å². The summed E-state index contributed by atoms with van der Waals surface area (Å²) >= 11 is 0. The molecule has 1 aromatic carbocycles. The third kappa shape index (κ3) is 6.40. The van der Waals surface area contributed by atoms with Gasteiger partial charge in [0.05, 0.1) is 6.61 Å². The molecule has 0 radical (unpaired) electrons. The molecule has 1 aliphatic rings. The van der Waals surface area contributed by atoms with Crippen molar-refractivity contribution in [2.45, 2.75) is 27.2 Å². The third-order valence-electron chi connectivity index (χ3n) is 4.15. The predicted octanol–water partition coefficient (Wildman–Crippen LogP) is 2.66. The minimum atomic E-state index is 0. The first-order valence-electron chi connectivity index (χ1n) is 8.26. The van der Waals surface area contributed by atoms with E-state index in [1.54, 1.807) is 0 Å². The standard InChI is InChI=1S/C18H28N2O2.ClH/c1-13(2)12-22-17-6-4-15(5-7-17)8-9-20-18(21)14(3)16-10-19-11-16;/h4-7,13-14,16,19H,8-12H2,1-3H3,(H,20,21);1H. The number of rotatable bonds is 8. The van der Waals surface area contributed by atoms with E-state index in [1.165, 1.54) is 5.56 Å². The van der Waals surface area contributed by atoms with E-state index in [4.69, 9.17) is 4.74 Å². The molecule has 1 aliphatic heterocycles. The molecule has 2 N–H and O–H groups in total. The average molecular weight is 341 g/mol. The van der Waals surface area contributed by atoms with Gasteiger partial charge in [0.2, 0.25) is 5.91 Å². The Kier molecular flexibility index (Phi) is 8.42. The predicted molar refractivity (Wildman–Crippen MR) is 96.3 cm³/mol. The van der Waals surface area contributed by atoms with E-state index >= 15 is 0 Å². The first-order chi connectivity index (χ1) is 10.6. The zero-order valence-corrected chi connectivity index (χ0v) is 15.1. The van der Waals surface area contributed by atoms with E-state index < -0.39 is 0 Å². The zero-order valence-electron chi connectivity index (χ0n) is 14.3. The number of nitrogens with one attached hydrogen (secondary N) is 2. The Bertz CT molecular complexity index is 472. The molecule has 1 atom stereocenters. The number of halogens is 1. The highest BCUT2D eigenvalue weighted by Crippen LogP contribution is 2.16. The molecular weight excluding hydrogens is 312 g/mol. The molecule has 1 fully saturated rings. The van der Waals surface area contributed by atoms with E-state index in [-0.39, 0.29) is 24.2 Å². The van der Waals surface area contributed by atoms with Gasteiger partial charge in [-0.1, -0.05) is 32.9 Å². The lowest BCUT2D eigenvalue weighted by Gasteiger charge is -2.31.